The van der Waals surface area contributed by atoms with Gasteiger partial charge in [-0.05, 0) is 51.2 Å². The number of aryl methyl sites for hydroxylation is 1. The summed E-state index contributed by atoms with van der Waals surface area (Å²) in [5.74, 6) is 2.80. The normalized spacial score (nSPS) is 29.2. The zero-order valence-electron chi connectivity index (χ0n) is 13.8. The van der Waals surface area contributed by atoms with E-state index in [1.54, 1.807) is 0 Å². The molecule has 6 heteroatoms. The third-order valence-electron chi connectivity index (χ3n) is 5.45. The molecule has 0 radical (unpaired) electrons. The third-order valence-corrected chi connectivity index (χ3v) is 6.58. The molecule has 3 heterocycles. The number of hydrogen-bond donors (Lipinski definition) is 0. The molecule has 1 saturated heterocycles. The summed E-state index contributed by atoms with van der Waals surface area (Å²) < 4.78 is 5.40. The van der Waals surface area contributed by atoms with Gasteiger partial charge in [0.15, 0.2) is 5.82 Å². The van der Waals surface area contributed by atoms with E-state index in [1.807, 2.05) is 16.2 Å². The molecule has 2 saturated carbocycles. The van der Waals surface area contributed by atoms with E-state index < -0.39 is 0 Å². The van der Waals surface area contributed by atoms with Crippen molar-refractivity contribution in [2.45, 2.75) is 56.9 Å². The molecule has 0 unspecified atom stereocenters. The molecule has 2 aliphatic carbocycles. The molecule has 0 spiro atoms. The topological polar surface area (TPSA) is 59.2 Å². The van der Waals surface area contributed by atoms with Crippen molar-refractivity contribution in [3.05, 3.63) is 33.6 Å². The summed E-state index contributed by atoms with van der Waals surface area (Å²) in [6.07, 6.45) is 5.27. The van der Waals surface area contributed by atoms with Crippen molar-refractivity contribution in [1.82, 2.24) is 15.0 Å². The molecule has 2 aromatic rings. The van der Waals surface area contributed by atoms with Gasteiger partial charge in [-0.15, -0.1) is 11.3 Å². The SMILES string of the molecule is Cc1ccc([C@@H]2C[C@H]2C(=O)N2CCC[C@@H]2c2noc(C3CC3)n2)s1. The number of hydrogen-bond acceptors (Lipinski definition) is 5. The fourth-order valence-corrected chi connectivity index (χ4v) is 4.88. The van der Waals surface area contributed by atoms with Crippen LogP contribution in [-0.4, -0.2) is 27.5 Å². The van der Waals surface area contributed by atoms with E-state index >= 15 is 0 Å². The van der Waals surface area contributed by atoms with Crippen LogP contribution in [0.25, 0.3) is 0 Å². The van der Waals surface area contributed by atoms with Gasteiger partial charge in [0.05, 0.1) is 6.04 Å². The molecule has 0 N–H and O–H groups in total. The number of carbonyl (C=O) groups excluding carboxylic acids is 1. The van der Waals surface area contributed by atoms with Gasteiger partial charge < -0.3 is 9.42 Å². The van der Waals surface area contributed by atoms with Crippen LogP contribution in [0.4, 0.5) is 0 Å². The van der Waals surface area contributed by atoms with E-state index in [9.17, 15) is 4.79 Å². The Hall–Kier alpha value is -1.69. The number of carbonyl (C=O) groups is 1. The summed E-state index contributed by atoms with van der Waals surface area (Å²) in [4.78, 5) is 22.2. The number of nitrogens with zero attached hydrogens (tertiary/aromatic N) is 3. The molecule has 3 atom stereocenters. The lowest BCUT2D eigenvalue weighted by molar-refractivity contribution is -0.133. The predicted molar refractivity (Wildman–Crippen MR) is 89.9 cm³/mol. The average molecular weight is 343 g/mol. The Labute approximate surface area is 145 Å². The van der Waals surface area contributed by atoms with Crippen molar-refractivity contribution in [2.24, 2.45) is 5.92 Å². The first kappa shape index (κ1) is 14.6. The zero-order chi connectivity index (χ0) is 16.3. The first-order chi connectivity index (χ1) is 11.7. The van der Waals surface area contributed by atoms with Crippen LogP contribution in [0.5, 0.6) is 0 Å². The van der Waals surface area contributed by atoms with Crippen molar-refractivity contribution in [1.29, 1.82) is 0 Å². The summed E-state index contributed by atoms with van der Waals surface area (Å²) >= 11 is 1.82. The number of rotatable bonds is 4. The van der Waals surface area contributed by atoms with Gasteiger partial charge in [0.2, 0.25) is 11.8 Å². The smallest absolute Gasteiger partial charge is 0.229 e. The molecule has 5 rings (SSSR count). The highest BCUT2D eigenvalue weighted by Crippen LogP contribution is 2.52. The maximum Gasteiger partial charge on any atom is 0.229 e. The van der Waals surface area contributed by atoms with Gasteiger partial charge in [-0.2, -0.15) is 4.98 Å². The molecule has 24 heavy (non-hydrogen) atoms. The lowest BCUT2D eigenvalue weighted by Crippen LogP contribution is -2.32. The first-order valence-electron chi connectivity index (χ1n) is 8.91. The Morgan fingerprint density at radius 2 is 2.21 bits per heavy atom. The zero-order valence-corrected chi connectivity index (χ0v) is 14.6. The molecule has 3 aliphatic rings. The first-order valence-corrected chi connectivity index (χ1v) is 9.72. The van der Waals surface area contributed by atoms with Gasteiger partial charge in [-0.1, -0.05) is 5.16 Å². The second kappa shape index (κ2) is 5.41. The molecule has 1 amide bonds. The van der Waals surface area contributed by atoms with Crippen LogP contribution >= 0.6 is 11.3 Å². The molecule has 0 aromatic carbocycles. The summed E-state index contributed by atoms with van der Waals surface area (Å²) in [6.45, 7) is 2.95. The van der Waals surface area contributed by atoms with E-state index in [4.69, 9.17) is 4.52 Å². The van der Waals surface area contributed by atoms with E-state index in [-0.39, 0.29) is 17.9 Å². The van der Waals surface area contributed by atoms with Crippen molar-refractivity contribution in [2.75, 3.05) is 6.54 Å². The van der Waals surface area contributed by atoms with Gasteiger partial charge in [0, 0.05) is 34.1 Å². The molecule has 1 aliphatic heterocycles. The third kappa shape index (κ3) is 2.48. The van der Waals surface area contributed by atoms with Gasteiger partial charge in [-0.25, -0.2) is 0 Å². The molecule has 0 bridgehead atoms. The highest BCUT2D eigenvalue weighted by molar-refractivity contribution is 7.12. The van der Waals surface area contributed by atoms with Crippen LogP contribution in [-0.2, 0) is 4.79 Å². The Balaban J connectivity index is 1.31. The summed E-state index contributed by atoms with van der Waals surface area (Å²) in [7, 11) is 0. The fourth-order valence-electron chi connectivity index (χ4n) is 3.83. The predicted octanol–water partition coefficient (Wildman–Crippen LogP) is 3.78. The van der Waals surface area contributed by atoms with Crippen molar-refractivity contribution in [3.8, 4) is 0 Å². The van der Waals surface area contributed by atoms with Gasteiger partial charge >= 0.3 is 0 Å². The average Bonchev–Trinajstić information content (AvgIpc) is 3.42. The van der Waals surface area contributed by atoms with Crippen LogP contribution < -0.4 is 0 Å². The lowest BCUT2D eigenvalue weighted by Gasteiger charge is -2.22. The fraction of sp³-hybridized carbons (Fsp3) is 0.611. The van der Waals surface area contributed by atoms with E-state index in [2.05, 4.69) is 29.2 Å². The van der Waals surface area contributed by atoms with Crippen molar-refractivity contribution in [3.63, 3.8) is 0 Å². The number of aromatic nitrogens is 2. The number of likely N-dealkylation sites (tertiary alicyclic amines) is 1. The van der Waals surface area contributed by atoms with Crippen molar-refractivity contribution < 1.29 is 9.32 Å². The second-order valence-corrected chi connectivity index (χ2v) is 8.67. The molecule has 5 nitrogen and oxygen atoms in total. The van der Waals surface area contributed by atoms with E-state index in [0.29, 0.717) is 17.7 Å². The molecule has 3 fully saturated rings. The minimum atomic E-state index is 0.0140. The van der Waals surface area contributed by atoms with Crippen molar-refractivity contribution >= 4 is 17.2 Å². The minimum Gasteiger partial charge on any atom is -0.339 e. The Morgan fingerprint density at radius 1 is 1.33 bits per heavy atom. The summed E-state index contributed by atoms with van der Waals surface area (Å²) in [5.41, 5.74) is 0. The number of thiophene rings is 1. The Bertz CT molecular complexity index is 779. The maximum atomic E-state index is 13.0. The molecular formula is C18H21N3O2S. The highest BCUT2D eigenvalue weighted by Gasteiger charge is 2.49. The number of amides is 1. The molecule has 2 aromatic heterocycles. The largest absolute Gasteiger partial charge is 0.339 e. The highest BCUT2D eigenvalue weighted by atomic mass is 32.1. The summed E-state index contributed by atoms with van der Waals surface area (Å²) in [5, 5.41) is 4.17. The maximum absolute atomic E-state index is 13.0. The van der Waals surface area contributed by atoms with E-state index in [0.717, 1.165) is 44.5 Å². The monoisotopic (exact) mass is 343 g/mol. The standard InChI is InChI=1S/C18H21N3O2S/c1-10-4-7-15(24-10)12-9-13(12)18(22)21-8-2-3-14(21)16-19-17(23-20-16)11-5-6-11/h4,7,11-14H,2-3,5-6,8-9H2,1H3/t12-,13-,14-/m1/s1. The second-order valence-electron chi connectivity index (χ2n) is 7.35. The Kier molecular flexibility index (Phi) is 3.30. The Morgan fingerprint density at radius 3 is 2.96 bits per heavy atom. The quantitative estimate of drug-likeness (QED) is 0.847. The van der Waals surface area contributed by atoms with Crippen LogP contribution in [0.1, 0.15) is 71.5 Å². The summed E-state index contributed by atoms with van der Waals surface area (Å²) in [6, 6.07) is 4.35. The molecule has 126 valence electrons. The van der Waals surface area contributed by atoms with Gasteiger partial charge in [0.1, 0.15) is 0 Å². The van der Waals surface area contributed by atoms with Crippen LogP contribution in [0.15, 0.2) is 16.7 Å². The van der Waals surface area contributed by atoms with Gasteiger partial charge in [-0.3, -0.25) is 4.79 Å². The van der Waals surface area contributed by atoms with Crippen LogP contribution in [0.2, 0.25) is 0 Å². The molecular weight excluding hydrogens is 322 g/mol. The van der Waals surface area contributed by atoms with Gasteiger partial charge in [0.25, 0.3) is 0 Å². The minimum absolute atomic E-state index is 0.0140. The van der Waals surface area contributed by atoms with Crippen LogP contribution in [0, 0.1) is 12.8 Å². The lowest BCUT2D eigenvalue weighted by atomic mass is 10.2. The van der Waals surface area contributed by atoms with E-state index in [1.165, 1.54) is 9.75 Å². The van der Waals surface area contributed by atoms with Crippen LogP contribution in [0.3, 0.4) is 0 Å².